The van der Waals surface area contributed by atoms with Gasteiger partial charge in [-0.05, 0) is 54.3 Å². The van der Waals surface area contributed by atoms with Crippen LogP contribution < -0.4 is 14.8 Å². The molecule has 4 heterocycles. The second kappa shape index (κ2) is 14.1. The van der Waals surface area contributed by atoms with Crippen molar-refractivity contribution in [1.29, 1.82) is 0 Å². The number of nitrogens with zero attached hydrogens (tertiary/aromatic N) is 5. The van der Waals surface area contributed by atoms with Crippen LogP contribution in [0.5, 0.6) is 17.2 Å². The van der Waals surface area contributed by atoms with E-state index in [1.165, 1.54) is 0 Å². The van der Waals surface area contributed by atoms with Crippen LogP contribution in [0.25, 0.3) is 5.65 Å². The maximum atomic E-state index is 13.6. The molecular formula is C33H38N6O6. The van der Waals surface area contributed by atoms with Crippen molar-refractivity contribution in [2.24, 2.45) is 0 Å². The smallest absolute Gasteiger partial charge is 0.274 e. The van der Waals surface area contributed by atoms with Crippen LogP contribution in [0.1, 0.15) is 34.5 Å². The van der Waals surface area contributed by atoms with Crippen LogP contribution in [0.15, 0.2) is 67.0 Å². The van der Waals surface area contributed by atoms with Gasteiger partial charge in [-0.1, -0.05) is 18.2 Å². The molecule has 2 aromatic carbocycles. The Labute approximate surface area is 261 Å². The number of hydrogen-bond donors (Lipinski definition) is 1. The molecular weight excluding hydrogens is 576 g/mol. The number of methoxy groups -OCH3 is 2. The van der Waals surface area contributed by atoms with E-state index in [4.69, 9.17) is 18.9 Å². The molecule has 2 aliphatic heterocycles. The predicted octanol–water partition coefficient (Wildman–Crippen LogP) is 3.30. The molecule has 12 heteroatoms. The summed E-state index contributed by atoms with van der Waals surface area (Å²) in [5.74, 6) is 1.54. The Morgan fingerprint density at radius 1 is 1.09 bits per heavy atom. The summed E-state index contributed by atoms with van der Waals surface area (Å²) in [4.78, 5) is 35.2. The minimum Gasteiger partial charge on any atom is -0.493 e. The van der Waals surface area contributed by atoms with Gasteiger partial charge in [0.2, 0.25) is 5.91 Å². The minimum atomic E-state index is -0.411. The lowest BCUT2D eigenvalue weighted by Crippen LogP contribution is -2.58. The summed E-state index contributed by atoms with van der Waals surface area (Å²) in [6.45, 7) is 3.01. The molecule has 1 fully saturated rings. The fourth-order valence-corrected chi connectivity index (χ4v) is 5.84. The Bertz CT molecular complexity index is 1610. The molecule has 2 aromatic heterocycles. The zero-order valence-corrected chi connectivity index (χ0v) is 25.6. The Morgan fingerprint density at radius 2 is 2.00 bits per heavy atom. The number of likely N-dealkylation sites (tertiary alicyclic amines) is 1. The molecule has 2 atom stereocenters. The molecule has 1 N–H and O–H groups in total. The van der Waals surface area contributed by atoms with Gasteiger partial charge in [-0.2, -0.15) is 5.10 Å². The molecule has 45 heavy (non-hydrogen) atoms. The van der Waals surface area contributed by atoms with Crippen molar-refractivity contribution in [3.63, 3.8) is 0 Å². The maximum absolute atomic E-state index is 13.6. The average Bonchev–Trinajstić information content (AvgIpc) is 3.48. The molecule has 0 aliphatic carbocycles. The zero-order chi connectivity index (χ0) is 31.2. The molecule has 1 saturated heterocycles. The lowest BCUT2D eigenvalue weighted by Gasteiger charge is -2.39. The molecule has 0 saturated carbocycles. The van der Waals surface area contributed by atoms with E-state index < -0.39 is 6.04 Å². The molecule has 4 bridgehead atoms. The SMILES string of the molecule is COCCCN1CC(=O)N[C@H]2CN(C(=O)c3cc4ncccn4n3)CC[C@H]2OCc2cccc(c2)Oc2cc(ccc2OC)C1. The maximum Gasteiger partial charge on any atom is 0.274 e. The third-order valence-electron chi connectivity index (χ3n) is 8.05. The minimum absolute atomic E-state index is 0.142. The van der Waals surface area contributed by atoms with Crippen molar-refractivity contribution in [3.05, 3.63) is 83.8 Å². The first-order valence-electron chi connectivity index (χ1n) is 15.1. The molecule has 0 radical (unpaired) electrons. The third-order valence-corrected chi connectivity index (χ3v) is 8.05. The number of benzene rings is 2. The van der Waals surface area contributed by atoms with E-state index in [1.54, 1.807) is 48.2 Å². The molecule has 6 rings (SSSR count). The van der Waals surface area contributed by atoms with Gasteiger partial charge in [-0.15, -0.1) is 0 Å². The monoisotopic (exact) mass is 614 g/mol. The van der Waals surface area contributed by atoms with E-state index in [1.807, 2.05) is 42.5 Å². The highest BCUT2D eigenvalue weighted by atomic mass is 16.5. The van der Waals surface area contributed by atoms with Gasteiger partial charge in [0.25, 0.3) is 5.91 Å². The molecule has 236 valence electrons. The summed E-state index contributed by atoms with van der Waals surface area (Å²) in [5, 5.41) is 7.62. The standard InChI is InChI=1S/C33H38N6O6/c1-42-15-5-12-37-19-23-8-9-29(43-2)30(17-23)45-25-7-3-6-24(16-25)22-44-28-10-14-38(20-27(28)35-32(40)21-37)33(41)26-18-31-34-11-4-13-39(31)36-26/h3-4,6-9,11,13,16-18,27-28H,5,10,12,14-15,19-22H2,1-2H3,(H,35,40)/t27-,28+/m0/s1. The van der Waals surface area contributed by atoms with Crippen molar-refractivity contribution in [2.45, 2.75) is 38.1 Å². The van der Waals surface area contributed by atoms with Crippen LogP contribution in [0.2, 0.25) is 0 Å². The summed E-state index contributed by atoms with van der Waals surface area (Å²) in [5.41, 5.74) is 2.82. The largest absolute Gasteiger partial charge is 0.493 e. The van der Waals surface area contributed by atoms with E-state index in [0.29, 0.717) is 74.4 Å². The number of ether oxygens (including phenoxy) is 4. The van der Waals surface area contributed by atoms with Crippen LogP contribution in [-0.2, 0) is 27.4 Å². The second-order valence-corrected chi connectivity index (χ2v) is 11.3. The number of piperidine rings is 1. The van der Waals surface area contributed by atoms with Crippen LogP contribution in [0.3, 0.4) is 0 Å². The normalized spacial score (nSPS) is 19.4. The molecule has 0 unspecified atom stereocenters. The zero-order valence-electron chi connectivity index (χ0n) is 25.6. The van der Waals surface area contributed by atoms with E-state index in [9.17, 15) is 9.59 Å². The highest BCUT2D eigenvalue weighted by Gasteiger charge is 2.35. The molecule has 0 spiro atoms. The van der Waals surface area contributed by atoms with E-state index in [-0.39, 0.29) is 24.5 Å². The Kier molecular flexibility index (Phi) is 9.53. The number of hydrogen-bond acceptors (Lipinski definition) is 9. The quantitative estimate of drug-likeness (QED) is 0.326. The lowest BCUT2D eigenvalue weighted by molar-refractivity contribution is -0.125. The molecule has 2 amide bonds. The predicted molar refractivity (Wildman–Crippen MR) is 165 cm³/mol. The topological polar surface area (TPSA) is 120 Å². The van der Waals surface area contributed by atoms with Gasteiger partial charge in [-0.3, -0.25) is 14.5 Å². The van der Waals surface area contributed by atoms with E-state index >= 15 is 0 Å². The summed E-state index contributed by atoms with van der Waals surface area (Å²) < 4.78 is 25.1. The second-order valence-electron chi connectivity index (χ2n) is 11.3. The molecule has 12 nitrogen and oxygen atoms in total. The molecule has 4 aromatic rings. The van der Waals surface area contributed by atoms with Crippen molar-refractivity contribution >= 4 is 17.5 Å². The highest BCUT2D eigenvalue weighted by Crippen LogP contribution is 2.33. The number of aromatic nitrogens is 3. The Balaban J connectivity index is 1.26. The van der Waals surface area contributed by atoms with E-state index in [0.717, 1.165) is 17.5 Å². The summed E-state index contributed by atoms with van der Waals surface area (Å²) >= 11 is 0. The number of carbonyl (C=O) groups excluding carboxylic acids is 2. The van der Waals surface area contributed by atoms with Crippen LogP contribution in [0.4, 0.5) is 0 Å². The van der Waals surface area contributed by atoms with Gasteiger partial charge in [0.15, 0.2) is 22.8 Å². The number of nitrogens with one attached hydrogen (secondary N) is 1. The lowest BCUT2D eigenvalue weighted by atomic mass is 10.0. The Morgan fingerprint density at radius 3 is 2.84 bits per heavy atom. The van der Waals surface area contributed by atoms with Crippen LogP contribution in [-0.4, -0.2) is 95.4 Å². The van der Waals surface area contributed by atoms with Gasteiger partial charge in [0.1, 0.15) is 5.75 Å². The number of rotatable bonds is 6. The fourth-order valence-electron chi connectivity index (χ4n) is 5.84. The summed E-state index contributed by atoms with van der Waals surface area (Å²) in [6.07, 6.45) is 4.44. The van der Waals surface area contributed by atoms with Gasteiger partial charge >= 0.3 is 0 Å². The number of fused-ring (bicyclic) bond motifs is 6. The van der Waals surface area contributed by atoms with Gasteiger partial charge in [0.05, 0.1) is 32.4 Å². The molecule has 2 aliphatic rings. The fraction of sp³-hybridized carbons (Fsp3) is 0.394. The third kappa shape index (κ3) is 7.42. The first-order chi connectivity index (χ1) is 22.0. The van der Waals surface area contributed by atoms with Crippen LogP contribution in [0, 0.1) is 0 Å². The Hall–Kier alpha value is -4.52. The van der Waals surface area contributed by atoms with Gasteiger partial charge in [-0.25, -0.2) is 9.50 Å². The highest BCUT2D eigenvalue weighted by molar-refractivity contribution is 5.93. The van der Waals surface area contributed by atoms with Crippen LogP contribution >= 0.6 is 0 Å². The number of amides is 2. The van der Waals surface area contributed by atoms with E-state index in [2.05, 4.69) is 20.3 Å². The average molecular weight is 615 g/mol. The summed E-state index contributed by atoms with van der Waals surface area (Å²) in [7, 11) is 3.28. The van der Waals surface area contributed by atoms with Crippen molar-refractivity contribution < 1.29 is 28.5 Å². The number of carbonyl (C=O) groups is 2. The van der Waals surface area contributed by atoms with Gasteiger partial charge in [0, 0.05) is 58.4 Å². The van der Waals surface area contributed by atoms with Gasteiger partial charge < -0.3 is 29.2 Å². The first kappa shape index (κ1) is 30.5. The van der Waals surface area contributed by atoms with Crippen molar-refractivity contribution in [3.8, 4) is 17.2 Å². The van der Waals surface area contributed by atoms with Crippen molar-refractivity contribution in [2.75, 3.05) is 47.0 Å². The first-order valence-corrected chi connectivity index (χ1v) is 15.1. The summed E-state index contributed by atoms with van der Waals surface area (Å²) in [6, 6.07) is 16.6. The van der Waals surface area contributed by atoms with Crippen molar-refractivity contribution in [1.82, 2.24) is 29.7 Å².